The minimum atomic E-state index is -0.191. The van der Waals surface area contributed by atoms with Crippen LogP contribution in [0.5, 0.6) is 17.2 Å². The quantitative estimate of drug-likeness (QED) is 0.790. The van der Waals surface area contributed by atoms with Crippen LogP contribution in [0.1, 0.15) is 44.9 Å². The summed E-state index contributed by atoms with van der Waals surface area (Å²) in [6, 6.07) is 13.4. The van der Waals surface area contributed by atoms with Crippen molar-refractivity contribution in [1.29, 1.82) is 0 Å². The summed E-state index contributed by atoms with van der Waals surface area (Å²) in [6.45, 7) is 8.41. The maximum Gasteiger partial charge on any atom is 0.258 e. The number of benzene rings is 2. The fraction of sp³-hybridized carbons (Fsp3) is 0.409. The van der Waals surface area contributed by atoms with Crippen LogP contribution >= 0.6 is 0 Å². The number of carbonyl (C=O) groups excluding carboxylic acids is 1. The maximum atomic E-state index is 12.2. The molecular formula is C22H29NO4. The lowest BCUT2D eigenvalue weighted by Gasteiger charge is -2.20. The molecule has 27 heavy (non-hydrogen) atoms. The minimum absolute atomic E-state index is 0.0826. The molecule has 0 spiro atoms. The average Bonchev–Trinajstić information content (AvgIpc) is 2.65. The van der Waals surface area contributed by atoms with Crippen molar-refractivity contribution in [3.63, 3.8) is 0 Å². The fourth-order valence-electron chi connectivity index (χ4n) is 2.65. The largest absolute Gasteiger partial charge is 0.496 e. The monoisotopic (exact) mass is 371 g/mol. The molecule has 0 aliphatic carbocycles. The minimum Gasteiger partial charge on any atom is -0.496 e. The number of hydrogen-bond donors (Lipinski definition) is 1. The number of amides is 1. The Morgan fingerprint density at radius 1 is 0.963 bits per heavy atom. The SMILES string of the molecule is COc1cc(OC)cc(OCC(=O)N[C@@H](C)c2ccc(C(C)(C)C)cc2)c1. The van der Waals surface area contributed by atoms with Crippen molar-refractivity contribution in [2.24, 2.45) is 0 Å². The van der Waals surface area contributed by atoms with E-state index < -0.39 is 0 Å². The van der Waals surface area contributed by atoms with Crippen LogP contribution < -0.4 is 19.5 Å². The molecule has 2 aromatic rings. The van der Waals surface area contributed by atoms with Gasteiger partial charge in [0.25, 0.3) is 5.91 Å². The van der Waals surface area contributed by atoms with E-state index in [-0.39, 0.29) is 24.0 Å². The topological polar surface area (TPSA) is 56.8 Å². The van der Waals surface area contributed by atoms with Gasteiger partial charge in [-0.05, 0) is 23.5 Å². The zero-order valence-corrected chi connectivity index (χ0v) is 17.0. The molecule has 0 aliphatic heterocycles. The number of ether oxygens (including phenoxy) is 3. The van der Waals surface area contributed by atoms with Crippen molar-refractivity contribution in [3.05, 3.63) is 53.6 Å². The van der Waals surface area contributed by atoms with Gasteiger partial charge < -0.3 is 19.5 Å². The van der Waals surface area contributed by atoms with Crippen LogP contribution in [-0.4, -0.2) is 26.7 Å². The molecule has 0 unspecified atom stereocenters. The Morgan fingerprint density at radius 3 is 1.96 bits per heavy atom. The number of rotatable bonds is 7. The van der Waals surface area contributed by atoms with E-state index in [1.807, 2.05) is 6.92 Å². The Bertz CT molecular complexity index is 741. The van der Waals surface area contributed by atoms with Crippen LogP contribution in [-0.2, 0) is 10.2 Å². The Labute approximate surface area is 161 Å². The molecule has 0 heterocycles. The van der Waals surface area contributed by atoms with Gasteiger partial charge in [0.2, 0.25) is 0 Å². The van der Waals surface area contributed by atoms with Crippen molar-refractivity contribution in [2.75, 3.05) is 20.8 Å². The zero-order valence-electron chi connectivity index (χ0n) is 17.0. The van der Waals surface area contributed by atoms with Gasteiger partial charge in [0.05, 0.1) is 20.3 Å². The van der Waals surface area contributed by atoms with E-state index in [1.165, 1.54) is 5.56 Å². The van der Waals surface area contributed by atoms with Gasteiger partial charge in [0.1, 0.15) is 17.2 Å². The third-order valence-electron chi connectivity index (χ3n) is 4.35. The van der Waals surface area contributed by atoms with Crippen LogP contribution in [0, 0.1) is 0 Å². The molecule has 1 N–H and O–H groups in total. The highest BCUT2D eigenvalue weighted by molar-refractivity contribution is 5.78. The Hall–Kier alpha value is -2.69. The van der Waals surface area contributed by atoms with Gasteiger partial charge >= 0.3 is 0 Å². The standard InChI is InChI=1S/C22H29NO4/c1-15(16-7-9-17(10-8-16)22(2,3)4)23-21(24)14-27-20-12-18(25-5)11-19(13-20)26-6/h7-13,15H,14H2,1-6H3,(H,23,24)/t15-/m0/s1. The van der Waals surface area contributed by atoms with Crippen LogP contribution in [0.4, 0.5) is 0 Å². The summed E-state index contributed by atoms with van der Waals surface area (Å²) in [4.78, 5) is 12.2. The lowest BCUT2D eigenvalue weighted by molar-refractivity contribution is -0.123. The van der Waals surface area contributed by atoms with Crippen LogP contribution in [0.2, 0.25) is 0 Å². The van der Waals surface area contributed by atoms with E-state index in [0.717, 1.165) is 5.56 Å². The molecule has 0 saturated carbocycles. The lowest BCUT2D eigenvalue weighted by atomic mass is 9.86. The molecule has 5 nitrogen and oxygen atoms in total. The van der Waals surface area contributed by atoms with Crippen molar-refractivity contribution in [2.45, 2.75) is 39.2 Å². The molecule has 146 valence electrons. The predicted octanol–water partition coefficient (Wildman–Crippen LogP) is 4.26. The molecule has 0 radical (unpaired) electrons. The first kappa shape index (κ1) is 20.6. The predicted molar refractivity (Wildman–Crippen MR) is 107 cm³/mol. The smallest absolute Gasteiger partial charge is 0.258 e. The van der Waals surface area contributed by atoms with Gasteiger partial charge in [0.15, 0.2) is 6.61 Å². The summed E-state index contributed by atoms with van der Waals surface area (Å²) >= 11 is 0. The molecule has 2 rings (SSSR count). The van der Waals surface area contributed by atoms with E-state index in [0.29, 0.717) is 17.2 Å². The summed E-state index contributed by atoms with van der Waals surface area (Å²) in [7, 11) is 3.13. The van der Waals surface area contributed by atoms with Crippen LogP contribution in [0.25, 0.3) is 0 Å². The second-order valence-electron chi connectivity index (χ2n) is 7.50. The van der Waals surface area contributed by atoms with E-state index in [9.17, 15) is 4.79 Å². The van der Waals surface area contributed by atoms with E-state index >= 15 is 0 Å². The van der Waals surface area contributed by atoms with Gasteiger partial charge in [-0.25, -0.2) is 0 Å². The first-order valence-corrected chi connectivity index (χ1v) is 8.98. The van der Waals surface area contributed by atoms with Crippen molar-refractivity contribution in [1.82, 2.24) is 5.32 Å². The average molecular weight is 371 g/mol. The van der Waals surface area contributed by atoms with Crippen molar-refractivity contribution < 1.29 is 19.0 Å². The first-order chi connectivity index (χ1) is 12.7. The second-order valence-corrected chi connectivity index (χ2v) is 7.50. The molecule has 0 saturated heterocycles. The Morgan fingerprint density at radius 2 is 1.48 bits per heavy atom. The van der Waals surface area contributed by atoms with Crippen molar-refractivity contribution in [3.8, 4) is 17.2 Å². The van der Waals surface area contributed by atoms with E-state index in [2.05, 4.69) is 50.4 Å². The number of methoxy groups -OCH3 is 2. The number of nitrogens with one attached hydrogen (secondary N) is 1. The van der Waals surface area contributed by atoms with Gasteiger partial charge in [-0.3, -0.25) is 4.79 Å². The van der Waals surface area contributed by atoms with Gasteiger partial charge in [0, 0.05) is 18.2 Å². The maximum absolute atomic E-state index is 12.2. The third-order valence-corrected chi connectivity index (χ3v) is 4.35. The highest BCUT2D eigenvalue weighted by Gasteiger charge is 2.15. The number of carbonyl (C=O) groups is 1. The fourth-order valence-corrected chi connectivity index (χ4v) is 2.65. The van der Waals surface area contributed by atoms with Gasteiger partial charge in [-0.2, -0.15) is 0 Å². The second kappa shape index (κ2) is 8.80. The van der Waals surface area contributed by atoms with Gasteiger partial charge in [-0.15, -0.1) is 0 Å². The van der Waals surface area contributed by atoms with Crippen LogP contribution in [0.15, 0.2) is 42.5 Å². The summed E-state index contributed by atoms with van der Waals surface area (Å²) in [5.41, 5.74) is 2.43. The molecule has 5 heteroatoms. The molecule has 0 aromatic heterocycles. The van der Waals surface area contributed by atoms with Crippen LogP contribution in [0.3, 0.4) is 0 Å². The van der Waals surface area contributed by atoms with Crippen molar-refractivity contribution >= 4 is 5.91 Å². The molecule has 0 bridgehead atoms. The number of hydrogen-bond acceptors (Lipinski definition) is 4. The zero-order chi connectivity index (χ0) is 20.0. The third kappa shape index (κ3) is 5.91. The highest BCUT2D eigenvalue weighted by atomic mass is 16.5. The molecule has 1 atom stereocenters. The summed E-state index contributed by atoms with van der Waals surface area (Å²) in [6.07, 6.45) is 0. The summed E-state index contributed by atoms with van der Waals surface area (Å²) in [5, 5.41) is 2.96. The normalized spacial score (nSPS) is 12.2. The molecule has 0 aliphatic rings. The highest BCUT2D eigenvalue weighted by Crippen LogP contribution is 2.27. The summed E-state index contributed by atoms with van der Waals surface area (Å²) in [5.74, 6) is 1.54. The van der Waals surface area contributed by atoms with Gasteiger partial charge in [-0.1, -0.05) is 45.0 Å². The first-order valence-electron chi connectivity index (χ1n) is 8.98. The molecule has 1 amide bonds. The Kier molecular flexibility index (Phi) is 6.72. The van der Waals surface area contributed by atoms with E-state index in [4.69, 9.17) is 14.2 Å². The molecule has 0 fully saturated rings. The lowest BCUT2D eigenvalue weighted by Crippen LogP contribution is -2.31. The molecule has 2 aromatic carbocycles. The Balaban J connectivity index is 1.93. The van der Waals surface area contributed by atoms with E-state index in [1.54, 1.807) is 32.4 Å². The summed E-state index contributed by atoms with van der Waals surface area (Å²) < 4.78 is 16.0. The molecular weight excluding hydrogens is 342 g/mol.